The summed E-state index contributed by atoms with van der Waals surface area (Å²) in [6.07, 6.45) is 8.18. The summed E-state index contributed by atoms with van der Waals surface area (Å²) in [6.45, 7) is 6.36. The fraction of sp³-hybridized carbons (Fsp3) is 0.500. The molecule has 0 spiro atoms. The van der Waals surface area contributed by atoms with Gasteiger partial charge in [0.1, 0.15) is 0 Å². The molecule has 0 radical (unpaired) electrons. The highest BCUT2D eigenvalue weighted by Crippen LogP contribution is 2.10. The molecular formula is C10H15N3. The summed E-state index contributed by atoms with van der Waals surface area (Å²) in [4.78, 5) is 6.56. The predicted molar refractivity (Wildman–Crippen MR) is 52.3 cm³/mol. The van der Waals surface area contributed by atoms with Crippen LogP contribution in [0.25, 0.3) is 0 Å². The zero-order valence-corrected chi connectivity index (χ0v) is 7.98. The standard InChI is InChI=1S/C10H15N3/c1-2-3-4-12-5-6-13-9-11-7-10(13)8-12/h2-3,7,9H,4-6,8H2,1H3. The van der Waals surface area contributed by atoms with E-state index in [-0.39, 0.29) is 0 Å². The molecule has 0 bridgehead atoms. The lowest BCUT2D eigenvalue weighted by atomic mass is 10.3. The molecule has 0 N–H and O–H groups in total. The molecule has 3 heteroatoms. The molecule has 0 aromatic carbocycles. The number of rotatable bonds is 2. The van der Waals surface area contributed by atoms with E-state index < -0.39 is 0 Å². The van der Waals surface area contributed by atoms with Crippen molar-refractivity contribution in [3.63, 3.8) is 0 Å². The average molecular weight is 177 g/mol. The number of aromatic nitrogens is 2. The second-order valence-electron chi connectivity index (χ2n) is 3.38. The topological polar surface area (TPSA) is 21.1 Å². The van der Waals surface area contributed by atoms with Crippen LogP contribution in [0.4, 0.5) is 0 Å². The molecule has 0 saturated carbocycles. The number of hydrogen-bond acceptors (Lipinski definition) is 2. The summed E-state index contributed by atoms with van der Waals surface area (Å²) in [5, 5.41) is 0. The van der Waals surface area contributed by atoms with Crippen molar-refractivity contribution >= 4 is 0 Å². The quantitative estimate of drug-likeness (QED) is 0.634. The van der Waals surface area contributed by atoms with E-state index in [4.69, 9.17) is 0 Å². The van der Waals surface area contributed by atoms with Gasteiger partial charge in [0, 0.05) is 32.4 Å². The first kappa shape index (κ1) is 8.51. The first-order valence-electron chi connectivity index (χ1n) is 4.72. The summed E-state index contributed by atoms with van der Waals surface area (Å²) in [6, 6.07) is 0. The van der Waals surface area contributed by atoms with E-state index in [0.717, 1.165) is 26.2 Å². The largest absolute Gasteiger partial charge is 0.332 e. The van der Waals surface area contributed by atoms with Crippen molar-refractivity contribution in [3.8, 4) is 0 Å². The third-order valence-electron chi connectivity index (χ3n) is 2.44. The molecule has 3 nitrogen and oxygen atoms in total. The van der Waals surface area contributed by atoms with Crippen LogP contribution in [0, 0.1) is 0 Å². The Morgan fingerprint density at radius 2 is 2.46 bits per heavy atom. The maximum absolute atomic E-state index is 4.14. The van der Waals surface area contributed by atoms with Crippen LogP contribution in [0.3, 0.4) is 0 Å². The Morgan fingerprint density at radius 3 is 3.31 bits per heavy atom. The monoisotopic (exact) mass is 177 g/mol. The Bertz CT molecular complexity index is 301. The Morgan fingerprint density at radius 1 is 1.54 bits per heavy atom. The van der Waals surface area contributed by atoms with Gasteiger partial charge >= 0.3 is 0 Å². The Labute approximate surface area is 78.7 Å². The second kappa shape index (κ2) is 3.75. The van der Waals surface area contributed by atoms with Crippen molar-refractivity contribution in [2.75, 3.05) is 13.1 Å². The van der Waals surface area contributed by atoms with Crippen LogP contribution in [-0.2, 0) is 13.1 Å². The molecule has 0 amide bonds. The third kappa shape index (κ3) is 1.80. The lowest BCUT2D eigenvalue weighted by molar-refractivity contribution is 0.244. The van der Waals surface area contributed by atoms with E-state index in [2.05, 4.69) is 33.5 Å². The van der Waals surface area contributed by atoms with E-state index in [1.165, 1.54) is 5.69 Å². The Balaban J connectivity index is 2.00. The number of hydrogen-bond donors (Lipinski definition) is 0. The summed E-state index contributed by atoms with van der Waals surface area (Å²) >= 11 is 0. The molecule has 0 aliphatic carbocycles. The molecule has 2 heterocycles. The molecule has 70 valence electrons. The minimum absolute atomic E-state index is 1.03. The van der Waals surface area contributed by atoms with Gasteiger partial charge in [-0.05, 0) is 6.92 Å². The number of nitrogens with zero attached hydrogens (tertiary/aromatic N) is 3. The van der Waals surface area contributed by atoms with Gasteiger partial charge in [-0.2, -0.15) is 0 Å². The van der Waals surface area contributed by atoms with Gasteiger partial charge in [-0.1, -0.05) is 12.2 Å². The van der Waals surface area contributed by atoms with Crippen molar-refractivity contribution in [2.45, 2.75) is 20.0 Å². The van der Waals surface area contributed by atoms with Crippen LogP contribution in [-0.4, -0.2) is 27.5 Å². The minimum atomic E-state index is 1.03. The van der Waals surface area contributed by atoms with Gasteiger partial charge in [-0.3, -0.25) is 4.90 Å². The Kier molecular flexibility index (Phi) is 2.45. The van der Waals surface area contributed by atoms with Crippen molar-refractivity contribution < 1.29 is 0 Å². The lowest BCUT2D eigenvalue weighted by Crippen LogP contribution is -2.33. The van der Waals surface area contributed by atoms with E-state index in [1.54, 1.807) is 0 Å². The molecule has 1 aliphatic heterocycles. The van der Waals surface area contributed by atoms with Crippen molar-refractivity contribution in [2.24, 2.45) is 0 Å². The SMILES string of the molecule is CC=CCN1CCn2cncc2C1. The molecule has 1 aliphatic rings. The summed E-state index contributed by atoms with van der Waals surface area (Å²) in [5.41, 5.74) is 1.33. The van der Waals surface area contributed by atoms with Gasteiger partial charge in [-0.15, -0.1) is 0 Å². The van der Waals surface area contributed by atoms with Gasteiger partial charge in [0.15, 0.2) is 0 Å². The number of fused-ring (bicyclic) bond motifs is 1. The second-order valence-corrected chi connectivity index (χ2v) is 3.38. The summed E-state index contributed by atoms with van der Waals surface area (Å²) in [5.74, 6) is 0. The molecule has 0 unspecified atom stereocenters. The average Bonchev–Trinajstić information content (AvgIpc) is 2.61. The molecule has 0 atom stereocenters. The van der Waals surface area contributed by atoms with Crippen molar-refractivity contribution in [1.82, 2.24) is 14.5 Å². The smallest absolute Gasteiger partial charge is 0.0949 e. The van der Waals surface area contributed by atoms with Crippen LogP contribution in [0.15, 0.2) is 24.7 Å². The minimum Gasteiger partial charge on any atom is -0.332 e. The van der Waals surface area contributed by atoms with Gasteiger partial charge in [0.05, 0.1) is 12.0 Å². The first-order valence-corrected chi connectivity index (χ1v) is 4.72. The van der Waals surface area contributed by atoms with Crippen molar-refractivity contribution in [3.05, 3.63) is 30.4 Å². The molecule has 1 aromatic heterocycles. The molecule has 0 fully saturated rings. The lowest BCUT2D eigenvalue weighted by Gasteiger charge is -2.26. The maximum atomic E-state index is 4.14. The normalized spacial score (nSPS) is 17.9. The Hall–Kier alpha value is -1.09. The highest BCUT2D eigenvalue weighted by atomic mass is 15.2. The van der Waals surface area contributed by atoms with Gasteiger partial charge in [0.2, 0.25) is 0 Å². The summed E-state index contributed by atoms with van der Waals surface area (Å²) < 4.78 is 2.23. The van der Waals surface area contributed by atoms with E-state index in [0.29, 0.717) is 0 Å². The summed E-state index contributed by atoms with van der Waals surface area (Å²) in [7, 11) is 0. The fourth-order valence-corrected chi connectivity index (χ4v) is 1.65. The zero-order valence-electron chi connectivity index (χ0n) is 7.98. The van der Waals surface area contributed by atoms with E-state index in [9.17, 15) is 0 Å². The van der Waals surface area contributed by atoms with Crippen LogP contribution in [0.5, 0.6) is 0 Å². The highest BCUT2D eigenvalue weighted by Gasteiger charge is 2.13. The van der Waals surface area contributed by atoms with Gasteiger partial charge in [-0.25, -0.2) is 4.98 Å². The van der Waals surface area contributed by atoms with Crippen molar-refractivity contribution in [1.29, 1.82) is 0 Å². The van der Waals surface area contributed by atoms with Gasteiger partial charge < -0.3 is 4.57 Å². The molecular weight excluding hydrogens is 162 g/mol. The maximum Gasteiger partial charge on any atom is 0.0949 e. The zero-order chi connectivity index (χ0) is 9.10. The van der Waals surface area contributed by atoms with Crippen LogP contribution < -0.4 is 0 Å². The first-order chi connectivity index (χ1) is 6.40. The molecule has 1 aromatic rings. The number of imidazole rings is 1. The van der Waals surface area contributed by atoms with E-state index >= 15 is 0 Å². The molecule has 0 saturated heterocycles. The fourth-order valence-electron chi connectivity index (χ4n) is 1.65. The van der Waals surface area contributed by atoms with Crippen LogP contribution in [0.2, 0.25) is 0 Å². The molecule has 13 heavy (non-hydrogen) atoms. The highest BCUT2D eigenvalue weighted by molar-refractivity contribution is 5.01. The van der Waals surface area contributed by atoms with Gasteiger partial charge in [0.25, 0.3) is 0 Å². The van der Waals surface area contributed by atoms with Crippen LogP contribution in [0.1, 0.15) is 12.6 Å². The third-order valence-corrected chi connectivity index (χ3v) is 2.44. The number of allylic oxidation sites excluding steroid dienone is 1. The molecule has 2 rings (SSSR count). The van der Waals surface area contributed by atoms with Crippen LogP contribution >= 0.6 is 0 Å². The van der Waals surface area contributed by atoms with E-state index in [1.807, 2.05) is 12.5 Å². The predicted octanol–water partition coefficient (Wildman–Crippen LogP) is 1.27.